The number of carbonyl (C=O) groups excluding carboxylic acids is 1. The molecule has 0 N–H and O–H groups in total. The predicted molar refractivity (Wildman–Crippen MR) is 124 cm³/mol. The molecule has 0 spiro atoms. The van der Waals surface area contributed by atoms with E-state index < -0.39 is 17.8 Å². The van der Waals surface area contributed by atoms with E-state index >= 15 is 0 Å². The number of ether oxygens (including phenoxy) is 1. The van der Waals surface area contributed by atoms with Crippen LogP contribution < -0.4 is 15.1 Å². The molecule has 0 aliphatic carbocycles. The van der Waals surface area contributed by atoms with Crippen molar-refractivity contribution >= 4 is 22.6 Å². The minimum atomic E-state index is -0.705. The lowest BCUT2D eigenvalue weighted by molar-refractivity contribution is 0.0971. The number of anilines is 1. The predicted octanol–water partition coefficient (Wildman–Crippen LogP) is 5.86. The van der Waals surface area contributed by atoms with Crippen LogP contribution in [0.4, 0.5) is 10.1 Å². The first-order valence-electron chi connectivity index (χ1n) is 11.0. The van der Waals surface area contributed by atoms with Gasteiger partial charge in [-0.05, 0) is 60.5 Å². The Labute approximate surface area is 190 Å². The highest BCUT2D eigenvalue weighted by Crippen LogP contribution is 2.41. The zero-order chi connectivity index (χ0) is 22.9. The Balaban J connectivity index is 1.66. The topological polar surface area (TPSA) is 59.8 Å². The first kappa shape index (κ1) is 20.9. The zero-order valence-electron chi connectivity index (χ0n) is 18.1. The zero-order valence-corrected chi connectivity index (χ0v) is 18.1. The SMILES string of the molecule is CCCCOc1ccc(C2c3c(oc4ccccc4c3=O)C(=O)N2c2ccc(F)cc2)cc1. The fraction of sp³-hybridized carbons (Fsp3) is 0.185. The van der Waals surface area contributed by atoms with Crippen LogP contribution in [0, 0.1) is 5.82 Å². The summed E-state index contributed by atoms with van der Waals surface area (Å²) in [6.45, 7) is 2.72. The maximum Gasteiger partial charge on any atom is 0.295 e. The van der Waals surface area contributed by atoms with Gasteiger partial charge in [0.15, 0.2) is 5.43 Å². The van der Waals surface area contributed by atoms with Crippen LogP contribution in [0.2, 0.25) is 0 Å². The van der Waals surface area contributed by atoms with Crippen LogP contribution in [0.25, 0.3) is 11.0 Å². The van der Waals surface area contributed by atoms with E-state index in [4.69, 9.17) is 9.15 Å². The van der Waals surface area contributed by atoms with Crippen molar-refractivity contribution in [3.05, 3.63) is 106 Å². The summed E-state index contributed by atoms with van der Waals surface area (Å²) >= 11 is 0. The van der Waals surface area contributed by atoms with Gasteiger partial charge in [0, 0.05) is 5.69 Å². The van der Waals surface area contributed by atoms with E-state index in [2.05, 4.69) is 6.92 Å². The van der Waals surface area contributed by atoms with Crippen LogP contribution in [0.15, 0.2) is 82.0 Å². The minimum Gasteiger partial charge on any atom is -0.494 e. The molecule has 1 unspecified atom stereocenters. The number of hydrogen-bond donors (Lipinski definition) is 0. The van der Waals surface area contributed by atoms with Gasteiger partial charge >= 0.3 is 0 Å². The van der Waals surface area contributed by atoms with E-state index in [0.717, 1.165) is 24.2 Å². The molecule has 1 aliphatic heterocycles. The highest BCUT2D eigenvalue weighted by molar-refractivity contribution is 6.10. The van der Waals surface area contributed by atoms with Crippen LogP contribution in [0.1, 0.15) is 47.5 Å². The molecule has 0 bridgehead atoms. The summed E-state index contributed by atoms with van der Waals surface area (Å²) in [6.07, 6.45) is 1.99. The molecule has 1 aliphatic rings. The number of benzene rings is 3. The van der Waals surface area contributed by atoms with E-state index in [9.17, 15) is 14.0 Å². The molecule has 5 nitrogen and oxygen atoms in total. The van der Waals surface area contributed by atoms with Crippen molar-refractivity contribution in [1.29, 1.82) is 0 Å². The highest BCUT2D eigenvalue weighted by atomic mass is 19.1. The molecular formula is C27H22FNO4. The van der Waals surface area contributed by atoms with E-state index in [1.807, 2.05) is 24.3 Å². The Kier molecular flexibility index (Phi) is 5.42. The fourth-order valence-corrected chi connectivity index (χ4v) is 4.18. The van der Waals surface area contributed by atoms with Gasteiger partial charge in [-0.25, -0.2) is 4.39 Å². The average Bonchev–Trinajstić information content (AvgIpc) is 3.13. The molecule has 33 heavy (non-hydrogen) atoms. The van der Waals surface area contributed by atoms with Gasteiger partial charge in [0.2, 0.25) is 5.76 Å². The normalized spacial score (nSPS) is 15.2. The van der Waals surface area contributed by atoms with Gasteiger partial charge in [0.1, 0.15) is 17.1 Å². The number of rotatable bonds is 6. The average molecular weight is 443 g/mol. The molecule has 0 radical (unpaired) electrons. The third-order valence-corrected chi connectivity index (χ3v) is 5.84. The van der Waals surface area contributed by atoms with Crippen LogP contribution in [-0.4, -0.2) is 12.5 Å². The van der Waals surface area contributed by atoms with Crippen molar-refractivity contribution < 1.29 is 18.3 Å². The quantitative estimate of drug-likeness (QED) is 0.350. The summed E-state index contributed by atoms with van der Waals surface area (Å²) < 4.78 is 25.3. The van der Waals surface area contributed by atoms with Gasteiger partial charge in [-0.1, -0.05) is 37.6 Å². The Morgan fingerprint density at radius 1 is 0.970 bits per heavy atom. The van der Waals surface area contributed by atoms with Crippen molar-refractivity contribution in [2.75, 3.05) is 11.5 Å². The molecule has 166 valence electrons. The van der Waals surface area contributed by atoms with E-state index in [1.54, 1.807) is 24.3 Å². The molecule has 0 saturated carbocycles. The Morgan fingerprint density at radius 3 is 2.42 bits per heavy atom. The standard InChI is InChI=1S/C27H22FNO4/c1-2-3-16-32-20-14-8-17(9-15-20)24-23-25(30)21-6-4-5-7-22(21)33-26(23)27(31)29(24)19-12-10-18(28)11-13-19/h4-15,24H,2-3,16H2,1H3. The molecular weight excluding hydrogens is 421 g/mol. The van der Waals surface area contributed by atoms with Gasteiger partial charge in [0.25, 0.3) is 5.91 Å². The van der Waals surface area contributed by atoms with E-state index in [1.165, 1.54) is 29.2 Å². The van der Waals surface area contributed by atoms with Crippen molar-refractivity contribution in [2.45, 2.75) is 25.8 Å². The van der Waals surface area contributed by atoms with Crippen molar-refractivity contribution in [3.8, 4) is 5.75 Å². The number of halogens is 1. The molecule has 2 heterocycles. The lowest BCUT2D eigenvalue weighted by Crippen LogP contribution is -2.29. The molecule has 0 saturated heterocycles. The van der Waals surface area contributed by atoms with Crippen molar-refractivity contribution in [2.24, 2.45) is 0 Å². The monoisotopic (exact) mass is 443 g/mol. The first-order valence-corrected chi connectivity index (χ1v) is 11.0. The molecule has 1 amide bonds. The lowest BCUT2D eigenvalue weighted by atomic mass is 9.98. The molecule has 6 heteroatoms. The van der Waals surface area contributed by atoms with Crippen molar-refractivity contribution in [3.63, 3.8) is 0 Å². The number of nitrogens with zero attached hydrogens (tertiary/aromatic N) is 1. The third kappa shape index (κ3) is 3.67. The number of fused-ring (bicyclic) bond motifs is 2. The molecule has 4 aromatic rings. The fourth-order valence-electron chi connectivity index (χ4n) is 4.18. The minimum absolute atomic E-state index is 0.0105. The highest BCUT2D eigenvalue weighted by Gasteiger charge is 2.43. The first-order chi connectivity index (χ1) is 16.1. The van der Waals surface area contributed by atoms with Gasteiger partial charge in [-0.2, -0.15) is 0 Å². The number of hydrogen-bond acceptors (Lipinski definition) is 4. The maximum absolute atomic E-state index is 13.6. The second-order valence-corrected chi connectivity index (χ2v) is 8.00. The molecule has 5 rings (SSSR count). The molecule has 1 atom stereocenters. The summed E-state index contributed by atoms with van der Waals surface area (Å²) in [6, 6.07) is 19.2. The third-order valence-electron chi connectivity index (χ3n) is 5.84. The second-order valence-electron chi connectivity index (χ2n) is 8.00. The summed E-state index contributed by atoms with van der Waals surface area (Å²) in [5.41, 5.74) is 1.59. The van der Waals surface area contributed by atoms with Crippen LogP contribution in [-0.2, 0) is 0 Å². The van der Waals surface area contributed by atoms with Gasteiger partial charge in [-0.3, -0.25) is 14.5 Å². The van der Waals surface area contributed by atoms with E-state index in [0.29, 0.717) is 23.3 Å². The van der Waals surface area contributed by atoms with Gasteiger partial charge in [0.05, 0.1) is 23.6 Å². The Bertz CT molecular complexity index is 1380. The Hall–Kier alpha value is -3.93. The maximum atomic E-state index is 13.6. The van der Waals surface area contributed by atoms with Gasteiger partial charge < -0.3 is 9.15 Å². The summed E-state index contributed by atoms with van der Waals surface area (Å²) in [5.74, 6) is -0.118. The van der Waals surface area contributed by atoms with Crippen LogP contribution in [0.3, 0.4) is 0 Å². The summed E-state index contributed by atoms with van der Waals surface area (Å²) in [4.78, 5) is 28.5. The number of carbonyl (C=O) groups is 1. The summed E-state index contributed by atoms with van der Waals surface area (Å²) in [5, 5.41) is 0.412. The molecule has 0 fully saturated rings. The summed E-state index contributed by atoms with van der Waals surface area (Å²) in [7, 11) is 0. The second kappa shape index (κ2) is 8.54. The largest absolute Gasteiger partial charge is 0.494 e. The van der Waals surface area contributed by atoms with Crippen LogP contribution >= 0.6 is 0 Å². The van der Waals surface area contributed by atoms with E-state index in [-0.39, 0.29) is 16.8 Å². The smallest absolute Gasteiger partial charge is 0.295 e. The van der Waals surface area contributed by atoms with Crippen LogP contribution in [0.5, 0.6) is 5.75 Å². The Morgan fingerprint density at radius 2 is 1.70 bits per heavy atom. The lowest BCUT2D eigenvalue weighted by Gasteiger charge is -2.25. The van der Waals surface area contributed by atoms with Gasteiger partial charge in [-0.15, -0.1) is 0 Å². The van der Waals surface area contributed by atoms with Crippen molar-refractivity contribution in [1.82, 2.24) is 0 Å². The number of amides is 1. The molecule has 1 aromatic heterocycles. The number of para-hydroxylation sites is 1. The molecule has 3 aromatic carbocycles. The number of unbranched alkanes of at least 4 members (excludes halogenated alkanes) is 1.